The second-order valence-corrected chi connectivity index (χ2v) is 5.32. The zero-order chi connectivity index (χ0) is 13.8. The molecule has 0 fully saturated rings. The van der Waals surface area contributed by atoms with Gasteiger partial charge in [-0.2, -0.15) is 0 Å². The zero-order valence-corrected chi connectivity index (χ0v) is 12.7. The summed E-state index contributed by atoms with van der Waals surface area (Å²) < 4.78 is 5.24. The average Bonchev–Trinajstić information content (AvgIpc) is 2.35. The lowest BCUT2D eigenvalue weighted by Crippen LogP contribution is -2.33. The van der Waals surface area contributed by atoms with Crippen molar-refractivity contribution in [1.29, 1.82) is 0 Å². The molecule has 18 heavy (non-hydrogen) atoms. The van der Waals surface area contributed by atoms with Crippen LogP contribution in [0.15, 0.2) is 0 Å². The van der Waals surface area contributed by atoms with Gasteiger partial charge in [0.1, 0.15) is 0 Å². The minimum atomic E-state index is -0.153. The number of nitrogens with zero attached hydrogens (tertiary/aromatic N) is 1. The Hall–Kier alpha value is -0.730. The Balaban J connectivity index is 3.65. The summed E-state index contributed by atoms with van der Waals surface area (Å²) in [7, 11) is 0. The number of ether oxygens (including phenoxy) is 1. The number of carbonyl (C=O) groups is 1. The second kappa shape index (κ2) is 11.4. The lowest BCUT2D eigenvalue weighted by atomic mass is 10.1. The van der Waals surface area contributed by atoms with Crippen molar-refractivity contribution in [1.82, 2.24) is 4.90 Å². The Morgan fingerprint density at radius 3 is 2.22 bits per heavy atom. The highest BCUT2D eigenvalue weighted by molar-refractivity contribution is 5.67. The first-order valence-electron chi connectivity index (χ1n) is 7.53. The molecule has 0 aliphatic rings. The molecule has 0 rings (SSSR count). The van der Waals surface area contributed by atoms with Gasteiger partial charge in [0.25, 0.3) is 0 Å². The normalized spacial score (nSPS) is 10.7. The van der Waals surface area contributed by atoms with E-state index in [4.69, 9.17) is 4.74 Å². The maximum Gasteiger partial charge on any atom is 0.409 e. The van der Waals surface area contributed by atoms with Crippen molar-refractivity contribution in [3.63, 3.8) is 0 Å². The van der Waals surface area contributed by atoms with Crippen molar-refractivity contribution >= 4 is 6.09 Å². The van der Waals surface area contributed by atoms with Gasteiger partial charge in [-0.3, -0.25) is 0 Å². The number of unbranched alkanes of at least 4 members (excludes halogenated alkanes) is 5. The highest BCUT2D eigenvalue weighted by Crippen LogP contribution is 2.07. The van der Waals surface area contributed by atoms with Crippen LogP contribution in [0, 0.1) is 5.92 Å². The standard InChI is InChI=1S/C15H31NO2/c1-5-7-8-9-10-11-12-16(6-2)15(17)18-13-14(3)4/h14H,5-13H2,1-4H3. The van der Waals surface area contributed by atoms with E-state index in [-0.39, 0.29) is 6.09 Å². The summed E-state index contributed by atoms with van der Waals surface area (Å²) in [6.07, 6.45) is 7.37. The molecule has 0 unspecified atom stereocenters. The van der Waals surface area contributed by atoms with E-state index < -0.39 is 0 Å². The van der Waals surface area contributed by atoms with E-state index >= 15 is 0 Å². The van der Waals surface area contributed by atoms with E-state index in [1.807, 2.05) is 11.8 Å². The van der Waals surface area contributed by atoms with Crippen LogP contribution in [0.25, 0.3) is 0 Å². The molecule has 3 nitrogen and oxygen atoms in total. The predicted molar refractivity (Wildman–Crippen MR) is 76.8 cm³/mol. The van der Waals surface area contributed by atoms with Crippen LogP contribution in [0.1, 0.15) is 66.2 Å². The molecule has 0 N–H and O–H groups in total. The van der Waals surface area contributed by atoms with E-state index in [1.54, 1.807) is 0 Å². The molecule has 0 aromatic heterocycles. The predicted octanol–water partition coefficient (Wildman–Crippen LogP) is 4.46. The van der Waals surface area contributed by atoms with E-state index in [2.05, 4.69) is 20.8 Å². The summed E-state index contributed by atoms with van der Waals surface area (Å²) in [4.78, 5) is 13.6. The first kappa shape index (κ1) is 17.3. The van der Waals surface area contributed by atoms with Gasteiger partial charge < -0.3 is 9.64 Å². The van der Waals surface area contributed by atoms with Gasteiger partial charge in [-0.15, -0.1) is 0 Å². The number of amides is 1. The van der Waals surface area contributed by atoms with Crippen molar-refractivity contribution < 1.29 is 9.53 Å². The summed E-state index contributed by atoms with van der Waals surface area (Å²) in [6.45, 7) is 10.4. The number of hydrogen-bond acceptors (Lipinski definition) is 2. The Morgan fingerprint density at radius 1 is 1.06 bits per heavy atom. The first-order valence-corrected chi connectivity index (χ1v) is 7.53. The molecule has 0 aromatic rings. The zero-order valence-electron chi connectivity index (χ0n) is 12.7. The van der Waals surface area contributed by atoms with Crippen LogP contribution in [0.2, 0.25) is 0 Å². The van der Waals surface area contributed by atoms with Gasteiger partial charge in [-0.1, -0.05) is 52.9 Å². The van der Waals surface area contributed by atoms with Crippen molar-refractivity contribution in [2.24, 2.45) is 5.92 Å². The maximum absolute atomic E-state index is 11.7. The molecule has 0 bridgehead atoms. The molecule has 0 aliphatic heterocycles. The third-order valence-corrected chi connectivity index (χ3v) is 2.96. The maximum atomic E-state index is 11.7. The van der Waals surface area contributed by atoms with Crippen LogP contribution < -0.4 is 0 Å². The largest absolute Gasteiger partial charge is 0.449 e. The van der Waals surface area contributed by atoms with Crippen LogP contribution in [-0.2, 0) is 4.74 Å². The lowest BCUT2D eigenvalue weighted by Gasteiger charge is -2.20. The van der Waals surface area contributed by atoms with Crippen LogP contribution >= 0.6 is 0 Å². The van der Waals surface area contributed by atoms with Crippen molar-refractivity contribution in [2.75, 3.05) is 19.7 Å². The fraction of sp³-hybridized carbons (Fsp3) is 0.933. The highest BCUT2D eigenvalue weighted by Gasteiger charge is 2.12. The molecule has 0 spiro atoms. The van der Waals surface area contributed by atoms with E-state index in [0.717, 1.165) is 19.5 Å². The first-order chi connectivity index (χ1) is 8.61. The van der Waals surface area contributed by atoms with E-state index in [1.165, 1.54) is 32.1 Å². The molecule has 0 radical (unpaired) electrons. The smallest absolute Gasteiger partial charge is 0.409 e. The molecule has 0 atom stereocenters. The quantitative estimate of drug-likeness (QED) is 0.541. The highest BCUT2D eigenvalue weighted by atomic mass is 16.6. The molecule has 108 valence electrons. The number of rotatable bonds is 10. The summed E-state index contributed by atoms with van der Waals surface area (Å²) in [5, 5.41) is 0. The Labute approximate surface area is 113 Å². The Morgan fingerprint density at radius 2 is 1.67 bits per heavy atom. The van der Waals surface area contributed by atoms with Crippen molar-refractivity contribution in [3.8, 4) is 0 Å². The van der Waals surface area contributed by atoms with Gasteiger partial charge in [-0.05, 0) is 19.3 Å². The van der Waals surface area contributed by atoms with Crippen LogP contribution in [0.3, 0.4) is 0 Å². The van der Waals surface area contributed by atoms with Gasteiger partial charge >= 0.3 is 6.09 Å². The fourth-order valence-corrected chi connectivity index (χ4v) is 1.79. The van der Waals surface area contributed by atoms with Gasteiger partial charge in [-0.25, -0.2) is 4.79 Å². The topological polar surface area (TPSA) is 29.5 Å². The summed E-state index contributed by atoms with van der Waals surface area (Å²) in [5.74, 6) is 0.404. The molecule has 0 saturated heterocycles. The van der Waals surface area contributed by atoms with Gasteiger partial charge in [0.2, 0.25) is 0 Å². The monoisotopic (exact) mass is 257 g/mol. The molecule has 3 heteroatoms. The molecule has 0 heterocycles. The second-order valence-electron chi connectivity index (χ2n) is 5.32. The van der Waals surface area contributed by atoms with E-state index in [9.17, 15) is 4.79 Å². The third kappa shape index (κ3) is 9.32. The molecular formula is C15H31NO2. The Bertz CT molecular complexity index is 205. The minimum absolute atomic E-state index is 0.153. The SMILES string of the molecule is CCCCCCCCN(CC)C(=O)OCC(C)C. The van der Waals surface area contributed by atoms with Gasteiger partial charge in [0, 0.05) is 13.1 Å². The van der Waals surface area contributed by atoms with E-state index in [0.29, 0.717) is 12.5 Å². The Kier molecular flexibility index (Phi) is 10.9. The van der Waals surface area contributed by atoms with Crippen molar-refractivity contribution in [3.05, 3.63) is 0 Å². The molecule has 0 saturated carbocycles. The third-order valence-electron chi connectivity index (χ3n) is 2.96. The van der Waals surface area contributed by atoms with Gasteiger partial charge in [0.05, 0.1) is 6.61 Å². The van der Waals surface area contributed by atoms with Crippen LogP contribution in [-0.4, -0.2) is 30.7 Å². The molecule has 0 aliphatic carbocycles. The van der Waals surface area contributed by atoms with Crippen molar-refractivity contribution in [2.45, 2.75) is 66.2 Å². The van der Waals surface area contributed by atoms with Crippen LogP contribution in [0.4, 0.5) is 4.79 Å². The molecular weight excluding hydrogens is 226 g/mol. The average molecular weight is 257 g/mol. The summed E-state index contributed by atoms with van der Waals surface area (Å²) in [6, 6.07) is 0. The summed E-state index contributed by atoms with van der Waals surface area (Å²) in [5.41, 5.74) is 0. The molecule has 1 amide bonds. The number of carbonyl (C=O) groups excluding carboxylic acids is 1. The molecule has 0 aromatic carbocycles. The lowest BCUT2D eigenvalue weighted by molar-refractivity contribution is 0.0931. The van der Waals surface area contributed by atoms with Crippen LogP contribution in [0.5, 0.6) is 0 Å². The number of hydrogen-bond donors (Lipinski definition) is 0. The minimum Gasteiger partial charge on any atom is -0.449 e. The summed E-state index contributed by atoms with van der Waals surface area (Å²) >= 11 is 0. The fourth-order valence-electron chi connectivity index (χ4n) is 1.79. The van der Waals surface area contributed by atoms with Gasteiger partial charge in [0.15, 0.2) is 0 Å².